The van der Waals surface area contributed by atoms with Crippen LogP contribution >= 0.6 is 0 Å². The molecule has 0 atom stereocenters. The molecule has 1 aliphatic heterocycles. The summed E-state index contributed by atoms with van der Waals surface area (Å²) in [5.74, 6) is 0. The highest BCUT2D eigenvalue weighted by atomic mass is 32.2. The fraction of sp³-hybridized carbons (Fsp3) is 0.318. The first-order chi connectivity index (χ1) is 14.7. The molecule has 0 aliphatic carbocycles. The van der Waals surface area contributed by atoms with Crippen LogP contribution < -0.4 is 5.32 Å². The number of aliphatic imine (C=N–C) groups is 1. The van der Waals surface area contributed by atoms with Crippen molar-refractivity contribution in [1.82, 2.24) is 20.0 Å². The number of sulfone groups is 1. The first-order valence-corrected chi connectivity index (χ1v) is 11.5. The smallest absolute Gasteiger partial charge is 0.318 e. The highest BCUT2D eigenvalue weighted by Gasteiger charge is 2.24. The van der Waals surface area contributed by atoms with Gasteiger partial charge in [0.15, 0.2) is 0 Å². The number of urea groups is 1. The molecule has 2 heterocycles. The Bertz CT molecular complexity index is 1130. The molecular weight excluding hydrogens is 414 g/mol. The van der Waals surface area contributed by atoms with E-state index in [0.29, 0.717) is 19.6 Å². The fourth-order valence-corrected chi connectivity index (χ4v) is 4.30. The Morgan fingerprint density at radius 1 is 1.26 bits per heavy atom. The van der Waals surface area contributed by atoms with Crippen LogP contribution in [0.5, 0.6) is 0 Å². The molecule has 3 rings (SSSR count). The maximum Gasteiger partial charge on any atom is 0.318 e. The van der Waals surface area contributed by atoms with Gasteiger partial charge in [0, 0.05) is 44.3 Å². The van der Waals surface area contributed by atoms with E-state index in [0.717, 1.165) is 16.7 Å². The predicted octanol–water partition coefficient (Wildman–Crippen LogP) is 3.35. The van der Waals surface area contributed by atoms with Crippen LogP contribution in [0.2, 0.25) is 0 Å². The van der Waals surface area contributed by atoms with Gasteiger partial charge in [-0.15, -0.1) is 0 Å². The van der Waals surface area contributed by atoms with Gasteiger partial charge in [0.1, 0.15) is 4.90 Å². The maximum atomic E-state index is 12.8. The van der Waals surface area contributed by atoms with Crippen molar-refractivity contribution in [3.8, 4) is 0 Å². The van der Waals surface area contributed by atoms with E-state index in [9.17, 15) is 13.2 Å². The lowest BCUT2D eigenvalue weighted by Crippen LogP contribution is -2.37. The summed E-state index contributed by atoms with van der Waals surface area (Å²) < 4.78 is 27.2. The summed E-state index contributed by atoms with van der Waals surface area (Å²) in [5, 5.41) is 6.97. The van der Waals surface area contributed by atoms with Crippen molar-refractivity contribution in [2.45, 2.75) is 43.1 Å². The lowest BCUT2D eigenvalue weighted by atomic mass is 10.2. The molecule has 31 heavy (non-hydrogen) atoms. The van der Waals surface area contributed by atoms with Gasteiger partial charge in [0.25, 0.3) is 0 Å². The number of carbonyl (C=O) groups is 1. The van der Waals surface area contributed by atoms with E-state index in [-0.39, 0.29) is 21.9 Å². The van der Waals surface area contributed by atoms with E-state index in [1.807, 2.05) is 20.8 Å². The zero-order valence-corrected chi connectivity index (χ0v) is 18.8. The summed E-state index contributed by atoms with van der Waals surface area (Å²) in [7, 11) is -3.64. The van der Waals surface area contributed by atoms with E-state index in [2.05, 4.69) is 22.0 Å². The van der Waals surface area contributed by atoms with Crippen molar-refractivity contribution in [3.05, 3.63) is 66.1 Å². The monoisotopic (exact) mass is 441 g/mol. The second-order valence-electron chi connectivity index (χ2n) is 7.58. The first kappa shape index (κ1) is 22.5. The molecule has 2 aromatic rings. The van der Waals surface area contributed by atoms with Crippen LogP contribution in [0.1, 0.15) is 32.4 Å². The molecule has 0 unspecified atom stereocenters. The molecule has 0 spiro atoms. The number of aromatic nitrogens is 2. The van der Waals surface area contributed by atoms with E-state index in [1.54, 1.807) is 46.3 Å². The molecule has 9 heteroatoms. The van der Waals surface area contributed by atoms with Gasteiger partial charge >= 0.3 is 6.03 Å². The van der Waals surface area contributed by atoms with Crippen molar-refractivity contribution < 1.29 is 13.2 Å². The van der Waals surface area contributed by atoms with E-state index >= 15 is 0 Å². The summed E-state index contributed by atoms with van der Waals surface area (Å²) >= 11 is 0. The number of nitrogens with one attached hydrogen (secondary N) is 1. The van der Waals surface area contributed by atoms with Gasteiger partial charge in [0.2, 0.25) is 9.84 Å². The quantitative estimate of drug-likeness (QED) is 0.695. The molecule has 0 bridgehead atoms. The largest absolute Gasteiger partial charge is 0.334 e. The maximum absolute atomic E-state index is 12.8. The summed E-state index contributed by atoms with van der Waals surface area (Å²) in [6, 6.07) is 6.36. The number of carbonyl (C=O) groups excluding carboxylic acids is 1. The fourth-order valence-electron chi connectivity index (χ4n) is 3.10. The standard InChI is InChI=1S/C22H27N5O3S/c1-5-23-11-19-14-26(13-17(19)4)22(28)24-10-18-6-8-20(9-7-18)31(29,30)21-12-25-27(15-21)16(2)3/h5-9,11-12,15-16H,4,10,13-14H2,1-3H3,(H,24,28)/b19-11-,23-5?. The average Bonchev–Trinajstić information content (AvgIpc) is 3.38. The Labute approximate surface area is 182 Å². The van der Waals surface area contributed by atoms with Crippen LogP contribution in [-0.2, 0) is 16.4 Å². The van der Waals surface area contributed by atoms with Crippen molar-refractivity contribution in [2.24, 2.45) is 4.99 Å². The Morgan fingerprint density at radius 3 is 2.58 bits per heavy atom. The minimum Gasteiger partial charge on any atom is -0.334 e. The van der Waals surface area contributed by atoms with Gasteiger partial charge in [-0.25, -0.2) is 13.2 Å². The van der Waals surface area contributed by atoms with Gasteiger partial charge in [-0.3, -0.25) is 9.67 Å². The van der Waals surface area contributed by atoms with Crippen molar-refractivity contribution in [1.29, 1.82) is 0 Å². The Hall–Kier alpha value is -3.20. The normalized spacial score (nSPS) is 16.1. The number of hydrogen-bond donors (Lipinski definition) is 1. The molecule has 2 amide bonds. The summed E-state index contributed by atoms with van der Waals surface area (Å²) in [6.07, 6.45) is 6.30. The third-order valence-electron chi connectivity index (χ3n) is 4.96. The molecular formula is C22H27N5O3S. The third-order valence-corrected chi connectivity index (χ3v) is 6.68. The SMILES string of the molecule is C=C1CN(C(=O)NCc2ccc(S(=O)(=O)c3cnn(C(C)C)c3)cc2)C/C1=C/N=CC. The minimum absolute atomic E-state index is 0.0775. The summed E-state index contributed by atoms with van der Waals surface area (Å²) in [5.41, 5.74) is 2.61. The number of nitrogens with zero attached hydrogens (tertiary/aromatic N) is 4. The van der Waals surface area contributed by atoms with Crippen LogP contribution in [0.3, 0.4) is 0 Å². The van der Waals surface area contributed by atoms with Crippen molar-refractivity contribution in [2.75, 3.05) is 13.1 Å². The van der Waals surface area contributed by atoms with Crippen LogP contribution in [-0.4, -0.2) is 48.4 Å². The van der Waals surface area contributed by atoms with Crippen molar-refractivity contribution in [3.63, 3.8) is 0 Å². The van der Waals surface area contributed by atoms with E-state index in [1.165, 1.54) is 12.4 Å². The van der Waals surface area contributed by atoms with Gasteiger partial charge in [-0.05, 0) is 49.6 Å². The van der Waals surface area contributed by atoms with Gasteiger partial charge in [0.05, 0.1) is 11.1 Å². The average molecular weight is 442 g/mol. The molecule has 1 saturated heterocycles. The second kappa shape index (κ2) is 9.30. The molecule has 1 aromatic carbocycles. The second-order valence-corrected chi connectivity index (χ2v) is 9.53. The van der Waals surface area contributed by atoms with Crippen molar-refractivity contribution >= 4 is 22.1 Å². The molecule has 0 radical (unpaired) electrons. The van der Waals surface area contributed by atoms with Crippen LogP contribution in [0.15, 0.2) is 75.4 Å². The lowest BCUT2D eigenvalue weighted by molar-refractivity contribution is 0.210. The first-order valence-electron chi connectivity index (χ1n) is 9.98. The highest BCUT2D eigenvalue weighted by molar-refractivity contribution is 7.91. The summed E-state index contributed by atoms with van der Waals surface area (Å²) in [6.45, 7) is 10.9. The molecule has 1 aromatic heterocycles. The van der Waals surface area contributed by atoms with Gasteiger partial charge in [-0.2, -0.15) is 5.10 Å². The number of benzene rings is 1. The van der Waals surface area contributed by atoms with E-state index < -0.39 is 9.84 Å². The third kappa shape index (κ3) is 5.11. The lowest BCUT2D eigenvalue weighted by Gasteiger charge is -2.16. The van der Waals surface area contributed by atoms with E-state index in [4.69, 9.17) is 0 Å². The van der Waals surface area contributed by atoms with Crippen LogP contribution in [0, 0.1) is 0 Å². The van der Waals surface area contributed by atoms with Crippen LogP contribution in [0.4, 0.5) is 4.79 Å². The number of rotatable bonds is 6. The zero-order valence-electron chi connectivity index (χ0n) is 17.9. The Morgan fingerprint density at radius 2 is 1.97 bits per heavy atom. The Balaban J connectivity index is 1.62. The molecule has 1 N–H and O–H groups in total. The number of amides is 2. The number of hydrogen-bond acceptors (Lipinski definition) is 5. The highest BCUT2D eigenvalue weighted by Crippen LogP contribution is 2.22. The van der Waals surface area contributed by atoms with Crippen LogP contribution in [0.25, 0.3) is 0 Å². The minimum atomic E-state index is -3.64. The molecule has 8 nitrogen and oxygen atoms in total. The zero-order chi connectivity index (χ0) is 22.6. The topological polar surface area (TPSA) is 96.7 Å². The molecule has 1 aliphatic rings. The molecule has 164 valence electrons. The summed E-state index contributed by atoms with van der Waals surface area (Å²) in [4.78, 5) is 18.6. The van der Waals surface area contributed by atoms with Gasteiger partial charge < -0.3 is 10.2 Å². The number of likely N-dealkylation sites (tertiary alicyclic amines) is 1. The molecule has 1 fully saturated rings. The van der Waals surface area contributed by atoms with Gasteiger partial charge in [-0.1, -0.05) is 18.7 Å². The predicted molar refractivity (Wildman–Crippen MR) is 120 cm³/mol. The Kier molecular flexibility index (Phi) is 6.74. The molecule has 0 saturated carbocycles.